The van der Waals surface area contributed by atoms with Gasteiger partial charge in [0.2, 0.25) is 10.0 Å². The molecule has 0 radical (unpaired) electrons. The summed E-state index contributed by atoms with van der Waals surface area (Å²) in [4.78, 5) is -0.236. The number of anilines is 1. The van der Waals surface area contributed by atoms with E-state index in [-0.39, 0.29) is 10.6 Å². The van der Waals surface area contributed by atoms with E-state index in [1.54, 1.807) is 0 Å². The van der Waals surface area contributed by atoms with Crippen molar-refractivity contribution in [2.24, 2.45) is 11.1 Å². The molecule has 1 aliphatic rings. The van der Waals surface area contributed by atoms with Gasteiger partial charge in [0.1, 0.15) is 5.82 Å². The predicted octanol–water partition coefficient (Wildman–Crippen LogP) is 1.31. The van der Waals surface area contributed by atoms with E-state index >= 15 is 0 Å². The van der Waals surface area contributed by atoms with Gasteiger partial charge in [-0.15, -0.1) is 0 Å². The van der Waals surface area contributed by atoms with Gasteiger partial charge in [-0.25, -0.2) is 17.9 Å². The first-order valence-corrected chi connectivity index (χ1v) is 7.65. The van der Waals surface area contributed by atoms with Crippen LogP contribution in [0.25, 0.3) is 0 Å². The molecular formula is C12H17FN2O3S. The summed E-state index contributed by atoms with van der Waals surface area (Å²) >= 11 is 0. The Bertz CT molecular complexity index is 544. The van der Waals surface area contributed by atoms with E-state index < -0.39 is 15.8 Å². The Morgan fingerprint density at radius 2 is 2.16 bits per heavy atom. The van der Waals surface area contributed by atoms with Crippen LogP contribution < -0.4 is 10.5 Å². The van der Waals surface area contributed by atoms with E-state index in [1.807, 2.05) is 0 Å². The number of nitrogens with one attached hydrogen (secondary N) is 1. The molecule has 0 unspecified atom stereocenters. The number of halogens is 1. The molecule has 0 saturated heterocycles. The van der Waals surface area contributed by atoms with Crippen LogP contribution in [0.3, 0.4) is 0 Å². The van der Waals surface area contributed by atoms with Gasteiger partial charge in [-0.2, -0.15) is 0 Å². The maximum Gasteiger partial charge on any atom is 0.238 e. The number of primary sulfonamides is 1. The second-order valence-electron chi connectivity index (χ2n) is 4.63. The van der Waals surface area contributed by atoms with Crippen molar-refractivity contribution in [3.8, 4) is 0 Å². The van der Waals surface area contributed by atoms with E-state index in [1.165, 1.54) is 25.0 Å². The molecule has 1 saturated carbocycles. The minimum atomic E-state index is -3.87. The highest BCUT2D eigenvalue weighted by Crippen LogP contribution is 2.28. The summed E-state index contributed by atoms with van der Waals surface area (Å²) in [5.74, 6) is 0.0551. The minimum absolute atomic E-state index is 0.236. The number of hydrogen-bond donors (Lipinski definition) is 2. The lowest BCUT2D eigenvalue weighted by Gasteiger charge is -2.09. The highest BCUT2D eigenvalue weighted by molar-refractivity contribution is 7.89. The zero-order valence-corrected chi connectivity index (χ0v) is 11.2. The van der Waals surface area contributed by atoms with Crippen LogP contribution in [-0.2, 0) is 14.8 Å². The fourth-order valence-corrected chi connectivity index (χ4v) is 2.13. The monoisotopic (exact) mass is 288 g/mol. The third-order valence-electron chi connectivity index (χ3n) is 2.88. The van der Waals surface area contributed by atoms with Gasteiger partial charge in [-0.1, -0.05) is 0 Å². The molecule has 1 aromatic rings. The molecule has 1 aliphatic carbocycles. The average Bonchev–Trinajstić information content (AvgIpc) is 3.13. The van der Waals surface area contributed by atoms with Crippen LogP contribution in [0.5, 0.6) is 0 Å². The molecule has 0 aromatic heterocycles. The summed E-state index contributed by atoms with van der Waals surface area (Å²) < 4.78 is 41.1. The molecule has 0 heterocycles. The molecule has 7 heteroatoms. The quantitative estimate of drug-likeness (QED) is 0.741. The van der Waals surface area contributed by atoms with Crippen molar-refractivity contribution >= 4 is 15.7 Å². The van der Waals surface area contributed by atoms with Gasteiger partial charge in [-0.05, 0) is 37.0 Å². The Balaban J connectivity index is 1.82. The number of rotatable bonds is 7. The molecule has 106 valence electrons. The van der Waals surface area contributed by atoms with Gasteiger partial charge in [-0.3, -0.25) is 0 Å². The Labute approximate surface area is 112 Å². The molecule has 0 spiro atoms. The molecule has 5 nitrogen and oxygen atoms in total. The zero-order valence-electron chi connectivity index (χ0n) is 10.4. The second-order valence-corrected chi connectivity index (χ2v) is 6.19. The van der Waals surface area contributed by atoms with E-state index in [0.717, 1.165) is 12.7 Å². The third-order valence-corrected chi connectivity index (χ3v) is 3.79. The van der Waals surface area contributed by atoms with E-state index in [0.29, 0.717) is 19.1 Å². The van der Waals surface area contributed by atoms with Crippen LogP contribution in [0.1, 0.15) is 12.8 Å². The first-order chi connectivity index (χ1) is 8.97. The Morgan fingerprint density at radius 3 is 2.74 bits per heavy atom. The van der Waals surface area contributed by atoms with Crippen LogP contribution in [0.15, 0.2) is 23.1 Å². The maximum atomic E-state index is 13.6. The smallest absolute Gasteiger partial charge is 0.238 e. The largest absolute Gasteiger partial charge is 0.380 e. The molecule has 3 N–H and O–H groups in total. The van der Waals surface area contributed by atoms with Crippen molar-refractivity contribution < 1.29 is 17.5 Å². The van der Waals surface area contributed by atoms with Crippen LogP contribution in [0.4, 0.5) is 10.1 Å². The fourth-order valence-electron chi connectivity index (χ4n) is 1.61. The van der Waals surface area contributed by atoms with Crippen LogP contribution in [0, 0.1) is 11.7 Å². The lowest BCUT2D eigenvalue weighted by molar-refractivity contribution is 0.134. The normalized spacial score (nSPS) is 15.5. The predicted molar refractivity (Wildman–Crippen MR) is 69.8 cm³/mol. The highest BCUT2D eigenvalue weighted by atomic mass is 32.2. The SMILES string of the molecule is NS(=O)(=O)c1ccc(NCCOCC2CC2)c(F)c1. The van der Waals surface area contributed by atoms with Crippen molar-refractivity contribution in [3.63, 3.8) is 0 Å². The summed E-state index contributed by atoms with van der Waals surface area (Å²) in [6.07, 6.45) is 2.47. The topological polar surface area (TPSA) is 81.4 Å². The molecule has 0 atom stereocenters. The van der Waals surface area contributed by atoms with E-state index in [9.17, 15) is 12.8 Å². The minimum Gasteiger partial charge on any atom is -0.380 e. The standard InChI is InChI=1S/C12H17FN2O3S/c13-11-7-10(19(14,16)17)3-4-12(11)15-5-6-18-8-9-1-2-9/h3-4,7,9,15H,1-2,5-6,8H2,(H2,14,16,17). The summed E-state index contributed by atoms with van der Waals surface area (Å²) in [6, 6.07) is 3.53. The van der Waals surface area contributed by atoms with Gasteiger partial charge in [0.05, 0.1) is 17.2 Å². The van der Waals surface area contributed by atoms with Crippen molar-refractivity contribution in [2.75, 3.05) is 25.1 Å². The Hall–Kier alpha value is -1.18. The number of nitrogens with two attached hydrogens (primary N) is 1. The van der Waals surface area contributed by atoms with Gasteiger partial charge in [0.15, 0.2) is 0 Å². The van der Waals surface area contributed by atoms with E-state index in [2.05, 4.69) is 5.32 Å². The van der Waals surface area contributed by atoms with Gasteiger partial charge >= 0.3 is 0 Å². The highest BCUT2D eigenvalue weighted by Gasteiger charge is 2.20. The Kier molecular flexibility index (Phi) is 4.38. The first-order valence-electron chi connectivity index (χ1n) is 6.11. The molecule has 0 aliphatic heterocycles. The van der Waals surface area contributed by atoms with E-state index in [4.69, 9.17) is 9.88 Å². The fraction of sp³-hybridized carbons (Fsp3) is 0.500. The third kappa shape index (κ3) is 4.45. The summed E-state index contributed by atoms with van der Waals surface area (Å²) in [7, 11) is -3.87. The number of hydrogen-bond acceptors (Lipinski definition) is 4. The average molecular weight is 288 g/mol. The first kappa shape index (κ1) is 14.2. The van der Waals surface area contributed by atoms with Gasteiger partial charge in [0, 0.05) is 13.2 Å². The van der Waals surface area contributed by atoms with Gasteiger partial charge < -0.3 is 10.1 Å². The summed E-state index contributed by atoms with van der Waals surface area (Å²) in [5, 5.41) is 7.76. The maximum absolute atomic E-state index is 13.6. The molecule has 19 heavy (non-hydrogen) atoms. The molecule has 2 rings (SSSR count). The summed E-state index contributed by atoms with van der Waals surface area (Å²) in [5.41, 5.74) is 0.238. The molecule has 0 amide bonds. The molecule has 1 aromatic carbocycles. The van der Waals surface area contributed by atoms with Crippen molar-refractivity contribution in [1.82, 2.24) is 0 Å². The Morgan fingerprint density at radius 1 is 1.42 bits per heavy atom. The van der Waals surface area contributed by atoms with Crippen LogP contribution in [0.2, 0.25) is 0 Å². The van der Waals surface area contributed by atoms with Gasteiger partial charge in [0.25, 0.3) is 0 Å². The zero-order chi connectivity index (χ0) is 13.9. The van der Waals surface area contributed by atoms with Crippen molar-refractivity contribution in [1.29, 1.82) is 0 Å². The van der Waals surface area contributed by atoms with Crippen molar-refractivity contribution in [2.45, 2.75) is 17.7 Å². The number of sulfonamides is 1. The summed E-state index contributed by atoms with van der Waals surface area (Å²) in [6.45, 7) is 1.72. The lowest BCUT2D eigenvalue weighted by atomic mass is 10.3. The number of benzene rings is 1. The lowest BCUT2D eigenvalue weighted by Crippen LogP contribution is -2.14. The molecular weight excluding hydrogens is 271 g/mol. The second kappa shape index (κ2) is 5.85. The van der Waals surface area contributed by atoms with Crippen molar-refractivity contribution in [3.05, 3.63) is 24.0 Å². The van der Waals surface area contributed by atoms with Crippen LogP contribution in [-0.4, -0.2) is 28.2 Å². The molecule has 1 fully saturated rings. The molecule has 0 bridgehead atoms. The number of ether oxygens (including phenoxy) is 1. The van der Waals surface area contributed by atoms with Crippen LogP contribution >= 0.6 is 0 Å².